The van der Waals surface area contributed by atoms with E-state index in [1.807, 2.05) is 32.0 Å². The van der Waals surface area contributed by atoms with Gasteiger partial charge in [0.1, 0.15) is 0 Å². The van der Waals surface area contributed by atoms with Crippen molar-refractivity contribution in [1.82, 2.24) is 0 Å². The van der Waals surface area contributed by atoms with Gasteiger partial charge in [-0.25, -0.2) is 0 Å². The molecule has 0 bridgehead atoms. The van der Waals surface area contributed by atoms with E-state index >= 15 is 0 Å². The SMILES string of the molecule is [CH2]Cc1ccc2c(c1)OC(C)(C)O2. The van der Waals surface area contributed by atoms with E-state index in [-0.39, 0.29) is 0 Å². The molecule has 0 amide bonds. The lowest BCUT2D eigenvalue weighted by Crippen LogP contribution is -2.29. The molecule has 0 unspecified atom stereocenters. The second-order valence-corrected chi connectivity index (χ2v) is 3.64. The van der Waals surface area contributed by atoms with Gasteiger partial charge >= 0.3 is 0 Å². The fourth-order valence-corrected chi connectivity index (χ4v) is 1.42. The number of ether oxygens (including phenoxy) is 2. The van der Waals surface area contributed by atoms with Crippen LogP contribution in [0.4, 0.5) is 0 Å². The van der Waals surface area contributed by atoms with Crippen LogP contribution in [0.3, 0.4) is 0 Å². The zero-order valence-electron chi connectivity index (χ0n) is 7.96. The molecular formula is C11H13O2. The Bertz CT molecular complexity index is 329. The van der Waals surface area contributed by atoms with E-state index in [0.717, 1.165) is 17.9 Å². The maximum atomic E-state index is 5.59. The van der Waals surface area contributed by atoms with Gasteiger partial charge in [0.05, 0.1) is 0 Å². The van der Waals surface area contributed by atoms with Gasteiger partial charge in [-0.05, 0) is 31.0 Å². The van der Waals surface area contributed by atoms with Crippen molar-refractivity contribution in [2.75, 3.05) is 0 Å². The van der Waals surface area contributed by atoms with Gasteiger partial charge in [-0.3, -0.25) is 0 Å². The van der Waals surface area contributed by atoms with Crippen molar-refractivity contribution in [2.45, 2.75) is 26.1 Å². The van der Waals surface area contributed by atoms with E-state index in [1.165, 1.54) is 5.56 Å². The molecule has 0 fully saturated rings. The van der Waals surface area contributed by atoms with E-state index in [1.54, 1.807) is 0 Å². The predicted octanol–water partition coefficient (Wildman–Crippen LogP) is 2.57. The molecule has 1 aliphatic rings. The molecule has 0 saturated carbocycles. The Morgan fingerprint density at radius 1 is 1.23 bits per heavy atom. The van der Waals surface area contributed by atoms with E-state index in [0.29, 0.717) is 0 Å². The highest BCUT2D eigenvalue weighted by molar-refractivity contribution is 5.45. The van der Waals surface area contributed by atoms with E-state index < -0.39 is 5.79 Å². The largest absolute Gasteiger partial charge is 0.449 e. The number of hydrogen-bond acceptors (Lipinski definition) is 2. The van der Waals surface area contributed by atoms with Crippen LogP contribution in [0, 0.1) is 6.92 Å². The van der Waals surface area contributed by atoms with Crippen LogP contribution in [0.2, 0.25) is 0 Å². The van der Waals surface area contributed by atoms with Crippen LogP contribution in [-0.4, -0.2) is 5.79 Å². The lowest BCUT2D eigenvalue weighted by atomic mass is 10.1. The molecule has 1 aromatic carbocycles. The van der Waals surface area contributed by atoms with E-state index in [4.69, 9.17) is 9.47 Å². The molecule has 0 atom stereocenters. The van der Waals surface area contributed by atoms with Gasteiger partial charge in [0.25, 0.3) is 0 Å². The average Bonchev–Trinajstić information content (AvgIpc) is 2.36. The Kier molecular flexibility index (Phi) is 1.72. The smallest absolute Gasteiger partial charge is 0.246 e. The van der Waals surface area contributed by atoms with Crippen molar-refractivity contribution in [3.63, 3.8) is 0 Å². The standard InChI is InChI=1S/C11H13O2/c1-4-8-5-6-9-10(7-8)13-11(2,3)12-9/h5-7H,1,4H2,2-3H3. The first-order chi connectivity index (χ1) is 6.11. The Labute approximate surface area is 78.5 Å². The maximum Gasteiger partial charge on any atom is 0.246 e. The minimum atomic E-state index is -0.526. The summed E-state index contributed by atoms with van der Waals surface area (Å²) in [5, 5.41) is 0. The highest BCUT2D eigenvalue weighted by Crippen LogP contribution is 2.39. The molecule has 0 N–H and O–H groups in total. The topological polar surface area (TPSA) is 18.5 Å². The summed E-state index contributed by atoms with van der Waals surface area (Å²) in [5.41, 5.74) is 1.17. The van der Waals surface area contributed by atoms with Gasteiger partial charge in [-0.1, -0.05) is 6.07 Å². The molecule has 2 rings (SSSR count). The van der Waals surface area contributed by atoms with Crippen molar-refractivity contribution in [2.24, 2.45) is 0 Å². The summed E-state index contributed by atoms with van der Waals surface area (Å²) >= 11 is 0. The van der Waals surface area contributed by atoms with Crippen molar-refractivity contribution in [3.05, 3.63) is 30.7 Å². The Balaban J connectivity index is 2.36. The number of benzene rings is 1. The third-order valence-corrected chi connectivity index (χ3v) is 2.01. The summed E-state index contributed by atoms with van der Waals surface area (Å²) in [6.45, 7) is 7.62. The van der Waals surface area contributed by atoms with E-state index in [2.05, 4.69) is 6.92 Å². The van der Waals surface area contributed by atoms with Gasteiger partial charge in [0.2, 0.25) is 5.79 Å². The van der Waals surface area contributed by atoms with Gasteiger partial charge < -0.3 is 9.47 Å². The third kappa shape index (κ3) is 1.48. The summed E-state index contributed by atoms with van der Waals surface area (Å²) in [5.74, 6) is 1.12. The molecule has 0 aliphatic carbocycles. The molecule has 1 radical (unpaired) electrons. The first kappa shape index (κ1) is 8.42. The summed E-state index contributed by atoms with van der Waals surface area (Å²) in [6, 6.07) is 5.93. The summed E-state index contributed by atoms with van der Waals surface area (Å²) in [7, 11) is 0. The zero-order chi connectivity index (χ0) is 9.47. The normalized spacial score (nSPS) is 17.5. The predicted molar refractivity (Wildman–Crippen MR) is 50.8 cm³/mol. The minimum absolute atomic E-state index is 0.526. The van der Waals surface area contributed by atoms with Gasteiger partial charge in [0, 0.05) is 13.8 Å². The second kappa shape index (κ2) is 2.66. The molecule has 0 saturated heterocycles. The van der Waals surface area contributed by atoms with Crippen LogP contribution in [0.15, 0.2) is 18.2 Å². The lowest BCUT2D eigenvalue weighted by molar-refractivity contribution is -0.0431. The molecule has 1 aromatic rings. The third-order valence-electron chi connectivity index (χ3n) is 2.01. The van der Waals surface area contributed by atoms with Gasteiger partial charge in [-0.2, -0.15) is 0 Å². The second-order valence-electron chi connectivity index (χ2n) is 3.64. The van der Waals surface area contributed by atoms with Gasteiger partial charge in [-0.15, -0.1) is 0 Å². The quantitative estimate of drug-likeness (QED) is 0.656. The monoisotopic (exact) mass is 177 g/mol. The fourth-order valence-electron chi connectivity index (χ4n) is 1.42. The molecule has 13 heavy (non-hydrogen) atoms. The highest BCUT2D eigenvalue weighted by Gasteiger charge is 2.31. The first-order valence-electron chi connectivity index (χ1n) is 4.41. The Morgan fingerprint density at radius 3 is 2.62 bits per heavy atom. The van der Waals surface area contributed by atoms with Crippen molar-refractivity contribution in [1.29, 1.82) is 0 Å². The number of fused-ring (bicyclic) bond motifs is 1. The highest BCUT2D eigenvalue weighted by atomic mass is 16.7. The summed E-state index contributed by atoms with van der Waals surface area (Å²) < 4.78 is 11.1. The van der Waals surface area contributed by atoms with Crippen LogP contribution < -0.4 is 9.47 Å². The van der Waals surface area contributed by atoms with Crippen LogP contribution in [0.5, 0.6) is 11.5 Å². The van der Waals surface area contributed by atoms with Crippen molar-refractivity contribution in [3.8, 4) is 11.5 Å². The molecule has 2 nitrogen and oxygen atoms in total. The zero-order valence-corrected chi connectivity index (χ0v) is 7.96. The fraction of sp³-hybridized carbons (Fsp3) is 0.364. The first-order valence-corrected chi connectivity index (χ1v) is 4.41. The number of hydrogen-bond donors (Lipinski definition) is 0. The maximum absolute atomic E-state index is 5.59. The average molecular weight is 177 g/mol. The molecule has 1 heterocycles. The van der Waals surface area contributed by atoms with Crippen LogP contribution in [-0.2, 0) is 6.42 Å². The molecule has 2 heteroatoms. The number of rotatable bonds is 1. The Hall–Kier alpha value is -1.18. The van der Waals surface area contributed by atoms with Crippen LogP contribution in [0.1, 0.15) is 19.4 Å². The minimum Gasteiger partial charge on any atom is -0.449 e. The van der Waals surface area contributed by atoms with Crippen LogP contribution in [0.25, 0.3) is 0 Å². The van der Waals surface area contributed by atoms with Crippen molar-refractivity contribution < 1.29 is 9.47 Å². The Morgan fingerprint density at radius 2 is 1.92 bits per heavy atom. The lowest BCUT2D eigenvalue weighted by Gasteiger charge is -2.16. The van der Waals surface area contributed by atoms with Crippen molar-refractivity contribution >= 4 is 0 Å². The molecular weight excluding hydrogens is 164 g/mol. The van der Waals surface area contributed by atoms with E-state index in [9.17, 15) is 0 Å². The summed E-state index contributed by atoms with van der Waals surface area (Å²) in [4.78, 5) is 0. The molecule has 0 spiro atoms. The molecule has 69 valence electrons. The summed E-state index contributed by atoms with van der Waals surface area (Å²) in [6.07, 6.45) is 0.775. The van der Waals surface area contributed by atoms with Crippen LogP contribution >= 0.6 is 0 Å². The van der Waals surface area contributed by atoms with Gasteiger partial charge in [0.15, 0.2) is 11.5 Å². The molecule has 0 aromatic heterocycles. The molecule has 1 aliphatic heterocycles.